The van der Waals surface area contributed by atoms with Gasteiger partial charge in [0.15, 0.2) is 0 Å². The number of amides is 1. The molecule has 0 saturated carbocycles. The molecule has 0 aromatic carbocycles. The van der Waals surface area contributed by atoms with Crippen molar-refractivity contribution >= 4 is 6.09 Å². The highest BCUT2D eigenvalue weighted by Crippen LogP contribution is 2.33. The summed E-state index contributed by atoms with van der Waals surface area (Å²) in [6.07, 6.45) is 1.69. The van der Waals surface area contributed by atoms with Gasteiger partial charge < -0.3 is 15.4 Å². The topological polar surface area (TPSA) is 55.6 Å². The summed E-state index contributed by atoms with van der Waals surface area (Å²) < 4.78 is 5.36. The first-order valence-corrected chi connectivity index (χ1v) is 6.37. The number of carbonyl (C=O) groups is 1. The maximum atomic E-state index is 11.9. The second kappa shape index (κ2) is 4.84. The van der Waals surface area contributed by atoms with Gasteiger partial charge in [-0.05, 0) is 46.0 Å². The van der Waals surface area contributed by atoms with Crippen molar-refractivity contribution in [2.24, 2.45) is 11.1 Å². The predicted molar refractivity (Wildman–Crippen MR) is 68.8 cm³/mol. The van der Waals surface area contributed by atoms with Crippen LogP contribution in [0.2, 0.25) is 0 Å². The van der Waals surface area contributed by atoms with E-state index in [-0.39, 0.29) is 17.6 Å². The van der Waals surface area contributed by atoms with E-state index >= 15 is 0 Å². The fourth-order valence-corrected chi connectivity index (χ4v) is 1.98. The van der Waals surface area contributed by atoms with Crippen molar-refractivity contribution in [1.82, 2.24) is 4.90 Å². The maximum Gasteiger partial charge on any atom is 0.410 e. The molecule has 0 radical (unpaired) electrons. The van der Waals surface area contributed by atoms with E-state index in [0.717, 1.165) is 25.9 Å². The molecule has 1 unspecified atom stereocenters. The van der Waals surface area contributed by atoms with Crippen LogP contribution in [0.1, 0.15) is 47.5 Å². The third-order valence-electron chi connectivity index (χ3n) is 3.66. The number of carbonyl (C=O) groups excluding carboxylic acids is 1. The third kappa shape index (κ3) is 3.87. The van der Waals surface area contributed by atoms with Gasteiger partial charge in [0, 0.05) is 19.1 Å². The molecule has 100 valence electrons. The molecule has 0 spiro atoms. The molecule has 1 atom stereocenters. The summed E-state index contributed by atoms with van der Waals surface area (Å²) in [4.78, 5) is 13.7. The lowest BCUT2D eigenvalue weighted by Gasteiger charge is -2.42. The fourth-order valence-electron chi connectivity index (χ4n) is 1.98. The lowest BCUT2D eigenvalue weighted by Crippen LogP contribution is -2.49. The average molecular weight is 242 g/mol. The van der Waals surface area contributed by atoms with Crippen LogP contribution in [-0.2, 0) is 4.74 Å². The van der Waals surface area contributed by atoms with Gasteiger partial charge in [0.1, 0.15) is 5.60 Å². The molecule has 1 saturated heterocycles. The zero-order chi connectivity index (χ0) is 13.3. The fraction of sp³-hybridized carbons (Fsp3) is 0.923. The number of rotatable bonds is 1. The molecule has 0 aromatic rings. The van der Waals surface area contributed by atoms with Crippen molar-refractivity contribution in [3.8, 4) is 0 Å². The molecule has 1 fully saturated rings. The molecule has 1 amide bonds. The molecule has 4 heteroatoms. The van der Waals surface area contributed by atoms with Crippen molar-refractivity contribution < 1.29 is 9.53 Å². The number of likely N-dealkylation sites (tertiary alicyclic amines) is 1. The van der Waals surface area contributed by atoms with Crippen molar-refractivity contribution in [1.29, 1.82) is 0 Å². The van der Waals surface area contributed by atoms with Crippen LogP contribution >= 0.6 is 0 Å². The average Bonchev–Trinajstić information content (AvgIpc) is 2.15. The molecule has 1 aliphatic rings. The van der Waals surface area contributed by atoms with E-state index in [1.54, 1.807) is 4.90 Å². The van der Waals surface area contributed by atoms with Crippen LogP contribution in [0.15, 0.2) is 0 Å². The van der Waals surface area contributed by atoms with Crippen molar-refractivity contribution in [3.05, 3.63) is 0 Å². The maximum absolute atomic E-state index is 11.9. The summed E-state index contributed by atoms with van der Waals surface area (Å²) >= 11 is 0. The van der Waals surface area contributed by atoms with Gasteiger partial charge >= 0.3 is 6.09 Å². The predicted octanol–water partition coefficient (Wildman–Crippen LogP) is 2.37. The monoisotopic (exact) mass is 242 g/mol. The minimum Gasteiger partial charge on any atom is -0.444 e. The van der Waals surface area contributed by atoms with E-state index < -0.39 is 5.60 Å². The van der Waals surface area contributed by atoms with Gasteiger partial charge in [0.05, 0.1) is 0 Å². The van der Waals surface area contributed by atoms with Crippen LogP contribution < -0.4 is 5.73 Å². The van der Waals surface area contributed by atoms with E-state index in [4.69, 9.17) is 10.5 Å². The first kappa shape index (κ1) is 14.3. The van der Waals surface area contributed by atoms with Crippen molar-refractivity contribution in [3.63, 3.8) is 0 Å². The quantitative estimate of drug-likeness (QED) is 0.768. The normalized spacial score (nSPS) is 22.1. The van der Waals surface area contributed by atoms with Crippen LogP contribution in [0.3, 0.4) is 0 Å². The van der Waals surface area contributed by atoms with Crippen LogP contribution in [0, 0.1) is 5.41 Å². The second-order valence-corrected chi connectivity index (χ2v) is 6.41. The van der Waals surface area contributed by atoms with Gasteiger partial charge in [-0.15, -0.1) is 0 Å². The number of nitrogens with zero attached hydrogens (tertiary/aromatic N) is 1. The van der Waals surface area contributed by atoms with Crippen LogP contribution in [0.25, 0.3) is 0 Å². The summed E-state index contributed by atoms with van der Waals surface area (Å²) in [6.45, 7) is 11.4. The Labute approximate surface area is 104 Å². The Morgan fingerprint density at radius 3 is 2.18 bits per heavy atom. The highest BCUT2D eigenvalue weighted by molar-refractivity contribution is 5.68. The van der Waals surface area contributed by atoms with E-state index in [0.29, 0.717) is 0 Å². The number of nitrogens with two attached hydrogens (primary N) is 1. The minimum atomic E-state index is -0.418. The van der Waals surface area contributed by atoms with Crippen LogP contribution in [-0.4, -0.2) is 35.7 Å². The van der Waals surface area contributed by atoms with E-state index in [1.807, 2.05) is 27.7 Å². The number of piperidine rings is 1. The van der Waals surface area contributed by atoms with Gasteiger partial charge in [-0.3, -0.25) is 0 Å². The van der Waals surface area contributed by atoms with Crippen molar-refractivity contribution in [2.75, 3.05) is 13.1 Å². The van der Waals surface area contributed by atoms with Crippen molar-refractivity contribution in [2.45, 2.75) is 59.1 Å². The molecular weight excluding hydrogens is 216 g/mol. The van der Waals surface area contributed by atoms with Gasteiger partial charge in [0.2, 0.25) is 0 Å². The Kier molecular flexibility index (Phi) is 4.07. The Balaban J connectivity index is 2.50. The largest absolute Gasteiger partial charge is 0.444 e. The Morgan fingerprint density at radius 1 is 1.35 bits per heavy atom. The zero-order valence-electron chi connectivity index (χ0n) is 11.7. The summed E-state index contributed by atoms with van der Waals surface area (Å²) in [5.74, 6) is 0. The highest BCUT2D eigenvalue weighted by Gasteiger charge is 2.35. The molecule has 1 rings (SSSR count). The molecular formula is C13H26N2O2. The summed E-state index contributed by atoms with van der Waals surface area (Å²) in [7, 11) is 0. The summed E-state index contributed by atoms with van der Waals surface area (Å²) in [5.41, 5.74) is 5.72. The minimum absolute atomic E-state index is 0.151. The molecule has 0 aromatic heterocycles. The van der Waals surface area contributed by atoms with Gasteiger partial charge in [0.25, 0.3) is 0 Å². The van der Waals surface area contributed by atoms with E-state index in [2.05, 4.69) is 6.92 Å². The highest BCUT2D eigenvalue weighted by atomic mass is 16.6. The molecule has 2 N–H and O–H groups in total. The molecule has 0 bridgehead atoms. The number of ether oxygens (including phenoxy) is 1. The van der Waals surface area contributed by atoms with Gasteiger partial charge in [-0.2, -0.15) is 0 Å². The Hall–Kier alpha value is -0.770. The summed E-state index contributed by atoms with van der Waals surface area (Å²) in [5, 5.41) is 0. The summed E-state index contributed by atoms with van der Waals surface area (Å²) in [6, 6.07) is 0.170. The smallest absolute Gasteiger partial charge is 0.410 e. The number of hydrogen-bond acceptors (Lipinski definition) is 3. The second-order valence-electron chi connectivity index (χ2n) is 6.41. The first-order chi connectivity index (χ1) is 7.64. The molecule has 1 aliphatic heterocycles. The van der Waals surface area contributed by atoms with Crippen LogP contribution in [0.5, 0.6) is 0 Å². The molecule has 1 heterocycles. The van der Waals surface area contributed by atoms with E-state index in [1.165, 1.54) is 0 Å². The lowest BCUT2D eigenvalue weighted by molar-refractivity contribution is 0.00968. The number of hydrogen-bond donors (Lipinski definition) is 1. The van der Waals surface area contributed by atoms with Crippen LogP contribution in [0.4, 0.5) is 4.79 Å². The third-order valence-corrected chi connectivity index (χ3v) is 3.66. The van der Waals surface area contributed by atoms with Gasteiger partial charge in [-0.25, -0.2) is 4.79 Å². The zero-order valence-corrected chi connectivity index (χ0v) is 11.7. The Bertz CT molecular complexity index is 274. The van der Waals surface area contributed by atoms with Gasteiger partial charge in [-0.1, -0.05) is 6.92 Å². The molecule has 0 aliphatic carbocycles. The Morgan fingerprint density at radius 2 is 1.82 bits per heavy atom. The molecule has 17 heavy (non-hydrogen) atoms. The first-order valence-electron chi connectivity index (χ1n) is 6.37. The molecule has 4 nitrogen and oxygen atoms in total. The lowest BCUT2D eigenvalue weighted by atomic mass is 9.75. The van der Waals surface area contributed by atoms with E-state index in [9.17, 15) is 4.79 Å². The standard InChI is InChI=1S/C13H26N2O2/c1-10(14)13(5)6-8-15(9-7-13)11(16)17-12(2,3)4/h10H,6-9,14H2,1-5H3. The SMILES string of the molecule is CC(N)C1(C)CCN(C(=O)OC(C)(C)C)CC1.